The van der Waals surface area contributed by atoms with E-state index in [1.54, 1.807) is 0 Å². The zero-order chi connectivity index (χ0) is 15.5. The summed E-state index contributed by atoms with van der Waals surface area (Å²) in [5, 5.41) is 3.23. The maximum Gasteiger partial charge on any atom is 0.391 e. The largest absolute Gasteiger partial charge is 0.391 e. The van der Waals surface area contributed by atoms with Crippen molar-refractivity contribution in [2.24, 2.45) is 11.8 Å². The number of nitrogens with one attached hydrogen (secondary N) is 1. The number of rotatable bonds is 4. The van der Waals surface area contributed by atoms with Crippen LogP contribution in [0.15, 0.2) is 0 Å². The Morgan fingerprint density at radius 2 is 1.62 bits per heavy atom. The predicted molar refractivity (Wildman–Crippen MR) is 74.3 cm³/mol. The average Bonchev–Trinajstić information content (AvgIpc) is 2.46. The van der Waals surface area contributed by atoms with Crippen molar-refractivity contribution in [2.75, 3.05) is 31.9 Å². The number of hydrogen-bond acceptors (Lipinski definition) is 3. The molecule has 0 aliphatic carbocycles. The molecule has 0 spiro atoms. The lowest BCUT2D eigenvalue weighted by atomic mass is 9.96. The Morgan fingerprint density at radius 1 is 1.05 bits per heavy atom. The molecule has 0 bridgehead atoms. The standard InChI is InChI=1S/C13H23F3N2O2S/c14-13(15,16)12-3-8-18(9-4-12)21(19,20)10-5-11-1-6-17-7-2-11/h11-12,17H,1-10H2. The molecule has 0 atom stereocenters. The van der Waals surface area contributed by atoms with Crippen molar-refractivity contribution in [3.63, 3.8) is 0 Å². The highest BCUT2D eigenvalue weighted by Gasteiger charge is 2.42. The Hall–Kier alpha value is -0.340. The van der Waals surface area contributed by atoms with Gasteiger partial charge in [0, 0.05) is 13.1 Å². The number of alkyl halides is 3. The highest BCUT2D eigenvalue weighted by Crippen LogP contribution is 2.34. The van der Waals surface area contributed by atoms with E-state index in [9.17, 15) is 21.6 Å². The van der Waals surface area contributed by atoms with Crippen LogP contribution < -0.4 is 5.32 Å². The van der Waals surface area contributed by atoms with Gasteiger partial charge in [-0.25, -0.2) is 12.7 Å². The van der Waals surface area contributed by atoms with Crippen molar-refractivity contribution in [3.05, 3.63) is 0 Å². The molecule has 0 aromatic rings. The van der Waals surface area contributed by atoms with E-state index in [1.165, 1.54) is 4.31 Å². The quantitative estimate of drug-likeness (QED) is 0.858. The molecule has 4 nitrogen and oxygen atoms in total. The lowest BCUT2D eigenvalue weighted by Crippen LogP contribution is -2.43. The molecule has 2 rings (SSSR count). The zero-order valence-corrected chi connectivity index (χ0v) is 12.8. The van der Waals surface area contributed by atoms with Crippen molar-refractivity contribution >= 4 is 10.0 Å². The van der Waals surface area contributed by atoms with Crippen LogP contribution in [0.3, 0.4) is 0 Å². The Balaban J connectivity index is 1.80. The normalized spacial score (nSPS) is 24.3. The number of hydrogen-bond donors (Lipinski definition) is 1. The second kappa shape index (κ2) is 6.83. The Labute approximate surface area is 124 Å². The van der Waals surface area contributed by atoms with Crippen LogP contribution in [0.5, 0.6) is 0 Å². The Morgan fingerprint density at radius 3 is 2.14 bits per heavy atom. The molecule has 2 fully saturated rings. The molecule has 0 amide bonds. The first-order chi connectivity index (χ1) is 9.79. The summed E-state index contributed by atoms with van der Waals surface area (Å²) < 4.78 is 63.4. The summed E-state index contributed by atoms with van der Waals surface area (Å²) >= 11 is 0. The third kappa shape index (κ3) is 4.82. The lowest BCUT2D eigenvalue weighted by molar-refractivity contribution is -0.182. The third-order valence-electron chi connectivity index (χ3n) is 4.55. The van der Waals surface area contributed by atoms with Crippen molar-refractivity contribution in [1.29, 1.82) is 0 Å². The summed E-state index contributed by atoms with van der Waals surface area (Å²) in [6.07, 6.45) is -1.86. The first-order valence-electron chi connectivity index (χ1n) is 7.54. The van der Waals surface area contributed by atoms with Crippen LogP contribution in [-0.2, 0) is 10.0 Å². The van der Waals surface area contributed by atoms with E-state index in [1.807, 2.05) is 0 Å². The van der Waals surface area contributed by atoms with Gasteiger partial charge >= 0.3 is 6.18 Å². The molecule has 21 heavy (non-hydrogen) atoms. The number of halogens is 3. The Bertz CT molecular complexity index is 425. The van der Waals surface area contributed by atoms with Gasteiger partial charge in [0.25, 0.3) is 0 Å². The smallest absolute Gasteiger partial charge is 0.317 e. The Kier molecular flexibility index (Phi) is 5.54. The van der Waals surface area contributed by atoms with Crippen LogP contribution in [0.4, 0.5) is 13.2 Å². The third-order valence-corrected chi connectivity index (χ3v) is 6.46. The van der Waals surface area contributed by atoms with Crippen LogP contribution in [-0.4, -0.2) is 50.8 Å². The van der Waals surface area contributed by atoms with Gasteiger partial charge in [-0.2, -0.15) is 13.2 Å². The second-order valence-corrected chi connectivity index (χ2v) is 8.10. The molecule has 2 aliphatic heterocycles. The van der Waals surface area contributed by atoms with Gasteiger partial charge in [-0.15, -0.1) is 0 Å². The molecule has 124 valence electrons. The van der Waals surface area contributed by atoms with Gasteiger partial charge in [0.2, 0.25) is 10.0 Å². The van der Waals surface area contributed by atoms with E-state index < -0.39 is 22.1 Å². The molecule has 8 heteroatoms. The minimum Gasteiger partial charge on any atom is -0.317 e. The van der Waals surface area contributed by atoms with Gasteiger partial charge in [-0.3, -0.25) is 0 Å². The summed E-state index contributed by atoms with van der Waals surface area (Å²) in [6.45, 7) is 1.83. The molecule has 1 N–H and O–H groups in total. The molecular formula is C13H23F3N2O2S. The van der Waals surface area contributed by atoms with E-state index in [-0.39, 0.29) is 31.7 Å². The summed E-state index contributed by atoms with van der Waals surface area (Å²) in [7, 11) is -3.41. The van der Waals surface area contributed by atoms with E-state index in [0.717, 1.165) is 25.9 Å². The molecule has 2 saturated heterocycles. The van der Waals surface area contributed by atoms with Crippen molar-refractivity contribution in [1.82, 2.24) is 9.62 Å². The van der Waals surface area contributed by atoms with Gasteiger partial charge in [-0.1, -0.05) is 0 Å². The maximum absolute atomic E-state index is 12.6. The molecule has 0 unspecified atom stereocenters. The molecule has 0 aromatic heterocycles. The monoisotopic (exact) mass is 328 g/mol. The van der Waals surface area contributed by atoms with Crippen LogP contribution in [0, 0.1) is 11.8 Å². The minimum atomic E-state index is -4.20. The van der Waals surface area contributed by atoms with Crippen LogP contribution in [0.25, 0.3) is 0 Å². The summed E-state index contributed by atoms with van der Waals surface area (Å²) in [5.74, 6) is -0.879. The lowest BCUT2D eigenvalue weighted by Gasteiger charge is -2.32. The first kappa shape index (κ1) is 17.0. The highest BCUT2D eigenvalue weighted by molar-refractivity contribution is 7.89. The van der Waals surface area contributed by atoms with Gasteiger partial charge in [0.15, 0.2) is 0 Å². The zero-order valence-electron chi connectivity index (χ0n) is 12.0. The molecule has 2 aliphatic rings. The maximum atomic E-state index is 12.6. The molecule has 0 saturated carbocycles. The fraction of sp³-hybridized carbons (Fsp3) is 1.00. The fourth-order valence-electron chi connectivity index (χ4n) is 3.08. The molecule has 2 heterocycles. The van der Waals surface area contributed by atoms with E-state index in [4.69, 9.17) is 0 Å². The summed E-state index contributed by atoms with van der Waals surface area (Å²) in [4.78, 5) is 0. The number of piperidine rings is 2. The SMILES string of the molecule is O=S(=O)(CCC1CCNCC1)N1CCC(C(F)(F)F)CC1. The average molecular weight is 328 g/mol. The first-order valence-corrected chi connectivity index (χ1v) is 9.15. The predicted octanol–water partition coefficient (Wildman–Crippen LogP) is 1.98. The van der Waals surface area contributed by atoms with E-state index >= 15 is 0 Å². The van der Waals surface area contributed by atoms with Crippen LogP contribution >= 0.6 is 0 Å². The topological polar surface area (TPSA) is 49.4 Å². The van der Waals surface area contributed by atoms with Gasteiger partial charge < -0.3 is 5.32 Å². The number of nitrogens with zero attached hydrogens (tertiary/aromatic N) is 1. The van der Waals surface area contributed by atoms with Crippen molar-refractivity contribution in [3.8, 4) is 0 Å². The highest BCUT2D eigenvalue weighted by atomic mass is 32.2. The molecule has 0 radical (unpaired) electrons. The molecule has 0 aromatic carbocycles. The van der Waals surface area contributed by atoms with Crippen LogP contribution in [0.1, 0.15) is 32.1 Å². The van der Waals surface area contributed by atoms with Gasteiger partial charge in [0.05, 0.1) is 11.7 Å². The van der Waals surface area contributed by atoms with Gasteiger partial charge in [0.1, 0.15) is 0 Å². The minimum absolute atomic E-state index is 0.00126. The summed E-state index contributed by atoms with van der Waals surface area (Å²) in [5.41, 5.74) is 0. The van der Waals surface area contributed by atoms with Gasteiger partial charge in [-0.05, 0) is 51.1 Å². The summed E-state index contributed by atoms with van der Waals surface area (Å²) in [6, 6.07) is 0. The van der Waals surface area contributed by atoms with E-state index in [2.05, 4.69) is 5.32 Å². The van der Waals surface area contributed by atoms with Crippen LogP contribution in [0.2, 0.25) is 0 Å². The second-order valence-electron chi connectivity index (χ2n) is 6.01. The van der Waals surface area contributed by atoms with Crippen molar-refractivity contribution < 1.29 is 21.6 Å². The van der Waals surface area contributed by atoms with E-state index in [0.29, 0.717) is 12.3 Å². The fourth-order valence-corrected chi connectivity index (χ4v) is 4.73. The van der Waals surface area contributed by atoms with Crippen molar-refractivity contribution in [2.45, 2.75) is 38.3 Å². The molecular weight excluding hydrogens is 305 g/mol. The number of sulfonamides is 1.